The number of pyridine rings is 1. The lowest BCUT2D eigenvalue weighted by atomic mass is 10.1. The van der Waals surface area contributed by atoms with Crippen molar-refractivity contribution in [2.75, 3.05) is 16.7 Å². The lowest BCUT2D eigenvalue weighted by molar-refractivity contribution is -0.904. The quantitative estimate of drug-likeness (QED) is 0.274. The molecule has 1 aromatic heterocycles. The average molecular weight is 563 g/mol. The number of anilines is 2. The fourth-order valence-corrected chi connectivity index (χ4v) is 5.05. The Kier molecular flexibility index (Phi) is 6.27. The molecule has 188 valence electrons. The maximum absolute atomic E-state index is 13.3. The average Bonchev–Trinajstić information content (AvgIpc) is 3.05. The molecule has 0 saturated heterocycles. The van der Waals surface area contributed by atoms with Gasteiger partial charge in [-0.3, -0.25) is 19.5 Å². The smallest absolute Gasteiger partial charge is 0.417 e. The molecule has 1 aliphatic heterocycles. The van der Waals surface area contributed by atoms with Gasteiger partial charge in [0.25, 0.3) is 28.0 Å². The molecule has 0 fully saturated rings. The minimum absolute atomic E-state index is 0.0850. The number of carbonyl (C=O) groups excluding carboxylic acids is 2. The number of sulfonamides is 1. The van der Waals surface area contributed by atoms with Gasteiger partial charge in [-0.1, -0.05) is 23.2 Å². The van der Waals surface area contributed by atoms with Crippen LogP contribution < -0.4 is 19.1 Å². The molecule has 36 heavy (non-hydrogen) atoms. The number of methoxy groups -OCH3 is 1. The number of rotatable bonds is 5. The van der Waals surface area contributed by atoms with Crippen molar-refractivity contribution in [3.05, 3.63) is 75.5 Å². The monoisotopic (exact) mass is 562 g/mol. The summed E-state index contributed by atoms with van der Waals surface area (Å²) < 4.78 is 73.1. The molecule has 0 unspecified atom stereocenters. The molecule has 2 aromatic carbocycles. The molecule has 2 amide bonds. The summed E-state index contributed by atoms with van der Waals surface area (Å²) in [4.78, 5) is 26.2. The highest BCUT2D eigenvalue weighted by molar-refractivity contribution is 7.92. The number of carbonyl (C=O) groups is 2. The van der Waals surface area contributed by atoms with Crippen molar-refractivity contribution < 1.29 is 45.9 Å². The lowest BCUT2D eigenvalue weighted by Gasteiger charge is -2.14. The van der Waals surface area contributed by atoms with Crippen LogP contribution in [0.25, 0.3) is 0 Å². The largest absolute Gasteiger partial charge is 0.491 e. The van der Waals surface area contributed by atoms with Crippen LogP contribution in [0.5, 0.6) is 5.75 Å². The van der Waals surface area contributed by atoms with Crippen LogP contribution in [0.2, 0.25) is 10.0 Å². The minimum atomic E-state index is -4.92. The summed E-state index contributed by atoms with van der Waals surface area (Å²) in [6.45, 7) is 0. The molecular formula is C21H13Cl2F3N3O6S+. The van der Waals surface area contributed by atoms with Crippen LogP contribution in [0.1, 0.15) is 26.3 Å². The fraction of sp³-hybridized carbons (Fsp3) is 0.0952. The van der Waals surface area contributed by atoms with E-state index in [0.29, 0.717) is 15.7 Å². The summed E-state index contributed by atoms with van der Waals surface area (Å²) >= 11 is 11.7. The van der Waals surface area contributed by atoms with Crippen molar-refractivity contribution in [2.45, 2.75) is 11.1 Å². The Morgan fingerprint density at radius 1 is 1.00 bits per heavy atom. The third-order valence-electron chi connectivity index (χ3n) is 5.09. The lowest BCUT2D eigenvalue weighted by Crippen LogP contribution is -2.35. The molecule has 0 spiro atoms. The Bertz CT molecular complexity index is 1550. The van der Waals surface area contributed by atoms with Crippen LogP contribution in [0.15, 0.2) is 53.7 Å². The number of alkyl halides is 3. The van der Waals surface area contributed by atoms with Crippen molar-refractivity contribution >= 4 is 56.4 Å². The van der Waals surface area contributed by atoms with E-state index >= 15 is 0 Å². The molecule has 2 N–H and O–H groups in total. The van der Waals surface area contributed by atoms with Crippen LogP contribution in [0.3, 0.4) is 0 Å². The first kappa shape index (κ1) is 25.5. The minimum Gasteiger partial charge on any atom is -0.491 e. The molecular weight excluding hydrogens is 550 g/mol. The molecule has 0 radical (unpaired) electrons. The van der Waals surface area contributed by atoms with Crippen LogP contribution in [-0.4, -0.2) is 32.5 Å². The zero-order valence-electron chi connectivity index (χ0n) is 17.8. The highest BCUT2D eigenvalue weighted by atomic mass is 35.5. The third-order valence-corrected chi connectivity index (χ3v) is 7.10. The summed E-state index contributed by atoms with van der Waals surface area (Å²) in [6.07, 6.45) is -2.75. The summed E-state index contributed by atoms with van der Waals surface area (Å²) in [6, 6.07) is 5.47. The van der Waals surface area contributed by atoms with Crippen LogP contribution in [0.4, 0.5) is 24.5 Å². The van der Waals surface area contributed by atoms with E-state index < -0.39 is 54.7 Å². The first-order chi connectivity index (χ1) is 16.7. The Hall–Kier alpha value is -3.55. The Morgan fingerprint density at radius 3 is 2.28 bits per heavy atom. The Morgan fingerprint density at radius 2 is 1.64 bits per heavy atom. The number of ether oxygens (including phenoxy) is 1. The number of hydrogen-bond acceptors (Lipinski definition) is 6. The van der Waals surface area contributed by atoms with Crippen LogP contribution in [-0.2, 0) is 16.2 Å². The Labute approximate surface area is 211 Å². The zero-order chi connectivity index (χ0) is 26.6. The van der Waals surface area contributed by atoms with Gasteiger partial charge < -0.3 is 4.74 Å². The number of hydrogen-bond donors (Lipinski definition) is 2. The zero-order valence-corrected chi connectivity index (χ0v) is 20.1. The van der Waals surface area contributed by atoms with Crippen molar-refractivity contribution in [3.63, 3.8) is 0 Å². The fourth-order valence-electron chi connectivity index (χ4n) is 3.49. The van der Waals surface area contributed by atoms with Gasteiger partial charge in [-0.2, -0.15) is 13.2 Å². The van der Waals surface area contributed by atoms with E-state index in [9.17, 15) is 36.4 Å². The maximum Gasteiger partial charge on any atom is 0.417 e. The van der Waals surface area contributed by atoms with Gasteiger partial charge in [0.1, 0.15) is 5.69 Å². The summed E-state index contributed by atoms with van der Waals surface area (Å²) in [5.41, 5.74) is -2.69. The molecule has 0 bridgehead atoms. The topological polar surface area (TPSA) is 117 Å². The number of aromatic nitrogens is 1. The molecule has 0 saturated carbocycles. The number of fused-ring (bicyclic) bond motifs is 1. The highest BCUT2D eigenvalue weighted by Crippen LogP contribution is 2.39. The molecule has 2 heterocycles. The molecule has 15 heteroatoms. The van der Waals surface area contributed by atoms with E-state index in [4.69, 9.17) is 27.9 Å². The van der Waals surface area contributed by atoms with Gasteiger partial charge in [0.05, 0.1) is 44.4 Å². The first-order valence-electron chi connectivity index (χ1n) is 9.65. The Balaban J connectivity index is 1.79. The van der Waals surface area contributed by atoms with Gasteiger partial charge in [0.15, 0.2) is 5.75 Å². The predicted octanol–water partition coefficient (Wildman–Crippen LogP) is 4.15. The van der Waals surface area contributed by atoms with Crippen LogP contribution >= 0.6 is 23.2 Å². The van der Waals surface area contributed by atoms with Crippen molar-refractivity contribution in [2.24, 2.45) is 0 Å². The van der Waals surface area contributed by atoms with Crippen molar-refractivity contribution in [3.8, 4) is 5.75 Å². The number of imide groups is 1. The molecule has 0 aliphatic carbocycles. The standard InChI is InChI=1S/C21H12Cl2F3N3O6S/c1-35-11-6-10(8-28(32)9-11)29-19(30)17-15(23)4-5-16(18(17)20(29)31)27-36(33,34)12-2-3-14(22)13(7-12)21(24,25)26/h2-9H,1H3,(H-,27,31,32)/p+1. The number of nitrogens with zero attached hydrogens (tertiary/aromatic N) is 2. The second-order valence-corrected chi connectivity index (χ2v) is 9.85. The van der Waals surface area contributed by atoms with Crippen molar-refractivity contribution in [1.82, 2.24) is 0 Å². The van der Waals surface area contributed by atoms with Gasteiger partial charge in [0.2, 0.25) is 6.20 Å². The SMILES string of the molecule is COc1cc(N2C(=O)c3c(Cl)ccc(NS(=O)(=O)c4ccc(Cl)c(C(F)(F)F)c4)c3C2=O)c[n+](O)c1. The molecule has 1 aliphatic rings. The molecule has 9 nitrogen and oxygen atoms in total. The summed E-state index contributed by atoms with van der Waals surface area (Å²) in [5, 5.41) is 8.96. The van der Waals surface area contributed by atoms with Gasteiger partial charge in [-0.15, -0.1) is 0 Å². The van der Waals surface area contributed by atoms with Gasteiger partial charge in [-0.05, 0) is 30.3 Å². The van der Waals surface area contributed by atoms with E-state index in [1.807, 2.05) is 4.72 Å². The second kappa shape index (κ2) is 8.84. The van der Waals surface area contributed by atoms with E-state index in [1.165, 1.54) is 13.2 Å². The summed E-state index contributed by atoms with van der Waals surface area (Å²) in [5.74, 6) is -1.85. The summed E-state index contributed by atoms with van der Waals surface area (Å²) in [7, 11) is -3.40. The van der Waals surface area contributed by atoms with Gasteiger partial charge in [0, 0.05) is 10.8 Å². The first-order valence-corrected chi connectivity index (χ1v) is 11.9. The number of halogens is 5. The molecule has 3 aromatic rings. The number of benzene rings is 2. The van der Waals surface area contributed by atoms with Crippen molar-refractivity contribution in [1.29, 1.82) is 0 Å². The normalized spacial score (nSPS) is 13.7. The number of nitrogens with one attached hydrogen (secondary N) is 1. The van der Waals surface area contributed by atoms with E-state index in [0.717, 1.165) is 36.7 Å². The second-order valence-electron chi connectivity index (χ2n) is 7.35. The van der Waals surface area contributed by atoms with E-state index in [1.54, 1.807) is 0 Å². The highest BCUT2D eigenvalue weighted by Gasteiger charge is 2.42. The van der Waals surface area contributed by atoms with Gasteiger partial charge >= 0.3 is 6.18 Å². The van der Waals surface area contributed by atoms with Gasteiger partial charge in [-0.25, -0.2) is 13.3 Å². The maximum atomic E-state index is 13.3. The third kappa shape index (κ3) is 4.40. The molecule has 0 atom stereocenters. The van der Waals surface area contributed by atoms with Crippen LogP contribution in [0, 0.1) is 0 Å². The van der Waals surface area contributed by atoms with E-state index in [2.05, 4.69) is 0 Å². The predicted molar refractivity (Wildman–Crippen MR) is 120 cm³/mol. The van der Waals surface area contributed by atoms with E-state index in [-0.39, 0.29) is 22.0 Å². The number of amides is 2. The molecule has 4 rings (SSSR count).